The van der Waals surface area contributed by atoms with E-state index < -0.39 is 17.5 Å². The summed E-state index contributed by atoms with van der Waals surface area (Å²) in [7, 11) is 0. The molecule has 8 nitrogen and oxygen atoms in total. The summed E-state index contributed by atoms with van der Waals surface area (Å²) in [6.07, 6.45) is 10.1. The second-order valence-electron chi connectivity index (χ2n) is 9.90. The van der Waals surface area contributed by atoms with Gasteiger partial charge in [0.05, 0.1) is 24.1 Å². The third kappa shape index (κ3) is 8.05. The van der Waals surface area contributed by atoms with Crippen LogP contribution >= 0.6 is 0 Å². The van der Waals surface area contributed by atoms with Crippen LogP contribution in [0.5, 0.6) is 0 Å². The molecular weight excluding hydrogens is 470 g/mol. The van der Waals surface area contributed by atoms with E-state index in [2.05, 4.69) is 28.8 Å². The van der Waals surface area contributed by atoms with Gasteiger partial charge in [0.2, 0.25) is 11.8 Å². The molecule has 2 amide bonds. The number of aromatic amines is 1. The lowest BCUT2D eigenvalue weighted by atomic mass is 9.95. The molecule has 4 N–H and O–H groups in total. The lowest BCUT2D eigenvalue weighted by Crippen LogP contribution is -2.50. The fraction of sp³-hybridized carbons (Fsp3) is 0.483. The van der Waals surface area contributed by atoms with Gasteiger partial charge in [-0.1, -0.05) is 43.2 Å². The van der Waals surface area contributed by atoms with E-state index in [0.29, 0.717) is 19.3 Å². The van der Waals surface area contributed by atoms with Crippen LogP contribution in [0.15, 0.2) is 55.8 Å². The first-order valence-electron chi connectivity index (χ1n) is 13.0. The molecule has 1 fully saturated rings. The molecule has 0 saturated heterocycles. The van der Waals surface area contributed by atoms with Gasteiger partial charge in [-0.2, -0.15) is 0 Å². The van der Waals surface area contributed by atoms with Gasteiger partial charge < -0.3 is 25.5 Å². The largest absolute Gasteiger partial charge is 0.463 e. The van der Waals surface area contributed by atoms with Crippen molar-refractivity contribution in [1.29, 1.82) is 0 Å². The van der Waals surface area contributed by atoms with Gasteiger partial charge in [-0.15, -0.1) is 13.2 Å². The van der Waals surface area contributed by atoms with Gasteiger partial charge in [-0.25, -0.2) is 0 Å². The summed E-state index contributed by atoms with van der Waals surface area (Å²) in [5.41, 5.74) is 1.38. The molecule has 2 aromatic rings. The van der Waals surface area contributed by atoms with Crippen molar-refractivity contribution >= 4 is 28.7 Å². The number of amides is 2. The van der Waals surface area contributed by atoms with Gasteiger partial charge in [-0.3, -0.25) is 14.4 Å². The number of fused-ring (bicyclic) bond motifs is 1. The number of nitrogens with one attached hydrogen (secondary N) is 3. The van der Waals surface area contributed by atoms with Gasteiger partial charge >= 0.3 is 5.97 Å². The second kappa shape index (κ2) is 13.8. The average molecular weight is 510 g/mol. The second-order valence-corrected chi connectivity index (χ2v) is 9.90. The molecule has 0 spiro atoms. The Morgan fingerprint density at radius 3 is 2.62 bits per heavy atom. The van der Waals surface area contributed by atoms with E-state index in [0.717, 1.165) is 42.1 Å². The minimum Gasteiger partial charge on any atom is -0.463 e. The molecule has 1 saturated carbocycles. The summed E-state index contributed by atoms with van der Waals surface area (Å²) in [6.45, 7) is 7.28. The lowest BCUT2D eigenvalue weighted by molar-refractivity contribution is -0.145. The molecule has 0 unspecified atom stereocenters. The fourth-order valence-electron chi connectivity index (χ4n) is 4.95. The number of aromatic nitrogens is 1. The lowest BCUT2D eigenvalue weighted by Gasteiger charge is -2.29. The highest BCUT2D eigenvalue weighted by atomic mass is 16.5. The number of aliphatic hydroxyl groups excluding tert-OH is 1. The molecule has 8 heteroatoms. The van der Waals surface area contributed by atoms with Crippen LogP contribution in [0.4, 0.5) is 0 Å². The number of esters is 1. The van der Waals surface area contributed by atoms with Crippen LogP contribution in [-0.4, -0.2) is 52.7 Å². The van der Waals surface area contributed by atoms with E-state index in [1.807, 2.05) is 30.5 Å². The number of benzene rings is 1. The topological polar surface area (TPSA) is 121 Å². The number of allylic oxidation sites excluding steroid dienone is 2. The third-order valence-electron chi connectivity index (χ3n) is 7.01. The molecule has 0 bridgehead atoms. The van der Waals surface area contributed by atoms with Gasteiger partial charge in [0, 0.05) is 29.9 Å². The molecule has 37 heavy (non-hydrogen) atoms. The standard InChI is InChI=1S/C29H39N3O5/c1-3-5-13-27(35)37-19-23(16-22-18-30-25-12-7-6-11-24(22)25)31-28(36)21(10-4-2)17-26(34)32-29(20-33)14-8-9-15-29/h3-4,6-7,11-12,18,21,23,30,33H,1-2,5,8-10,13-17,19-20H2,(H,31,36)(H,32,34)/t21-,23-/m0/s1. The fourth-order valence-corrected chi connectivity index (χ4v) is 4.95. The number of H-pyrrole nitrogens is 1. The molecule has 0 radical (unpaired) electrons. The normalized spacial score (nSPS) is 16.0. The van der Waals surface area contributed by atoms with Crippen LogP contribution in [0.1, 0.15) is 56.9 Å². The summed E-state index contributed by atoms with van der Waals surface area (Å²) >= 11 is 0. The molecule has 1 aromatic carbocycles. The van der Waals surface area contributed by atoms with Crippen molar-refractivity contribution in [3.8, 4) is 0 Å². The van der Waals surface area contributed by atoms with Crippen molar-refractivity contribution in [2.45, 2.75) is 69.4 Å². The van der Waals surface area contributed by atoms with Gasteiger partial charge in [-0.05, 0) is 43.7 Å². The van der Waals surface area contributed by atoms with Crippen molar-refractivity contribution in [3.63, 3.8) is 0 Å². The van der Waals surface area contributed by atoms with Crippen molar-refractivity contribution in [1.82, 2.24) is 15.6 Å². The Hall–Kier alpha value is -3.39. The smallest absolute Gasteiger partial charge is 0.306 e. The first-order chi connectivity index (χ1) is 17.9. The average Bonchev–Trinajstić information content (AvgIpc) is 3.53. The predicted molar refractivity (Wildman–Crippen MR) is 144 cm³/mol. The number of ether oxygens (including phenoxy) is 1. The van der Waals surface area contributed by atoms with Crippen LogP contribution in [0, 0.1) is 5.92 Å². The minimum atomic E-state index is -0.628. The summed E-state index contributed by atoms with van der Waals surface area (Å²) < 4.78 is 5.47. The van der Waals surface area contributed by atoms with Crippen molar-refractivity contribution in [2.24, 2.45) is 5.92 Å². The first kappa shape index (κ1) is 28.2. The number of carbonyl (C=O) groups excluding carboxylic acids is 3. The maximum Gasteiger partial charge on any atom is 0.306 e. The molecule has 2 atom stereocenters. The number of para-hydroxylation sites is 1. The molecule has 1 heterocycles. The minimum absolute atomic E-state index is 0.0153. The van der Waals surface area contributed by atoms with Crippen LogP contribution in [-0.2, 0) is 25.5 Å². The first-order valence-corrected chi connectivity index (χ1v) is 13.0. The van der Waals surface area contributed by atoms with Crippen molar-refractivity contribution in [2.75, 3.05) is 13.2 Å². The highest BCUT2D eigenvalue weighted by molar-refractivity contribution is 5.87. The summed E-state index contributed by atoms with van der Waals surface area (Å²) in [5.74, 6) is -1.55. The number of rotatable bonds is 15. The zero-order chi connectivity index (χ0) is 26.7. The third-order valence-corrected chi connectivity index (χ3v) is 7.01. The SMILES string of the molecule is C=CCCC(=O)OC[C@H](Cc1c[nH]c2ccccc12)NC(=O)[C@@H](CC=C)CC(=O)NC1(CO)CCCC1. The number of aliphatic hydroxyl groups is 1. The maximum absolute atomic E-state index is 13.3. The van der Waals surface area contributed by atoms with Gasteiger partial charge in [0.25, 0.3) is 0 Å². The monoisotopic (exact) mass is 509 g/mol. The van der Waals surface area contributed by atoms with Crippen LogP contribution in [0.3, 0.4) is 0 Å². The number of hydrogen-bond donors (Lipinski definition) is 4. The van der Waals surface area contributed by atoms with Crippen molar-refractivity contribution in [3.05, 3.63) is 61.3 Å². The summed E-state index contributed by atoms with van der Waals surface area (Å²) in [6, 6.07) is 7.39. The van der Waals surface area contributed by atoms with E-state index in [1.165, 1.54) is 0 Å². The highest BCUT2D eigenvalue weighted by Crippen LogP contribution is 2.29. The highest BCUT2D eigenvalue weighted by Gasteiger charge is 2.35. The Kier molecular flexibility index (Phi) is 10.5. The maximum atomic E-state index is 13.3. The Bertz CT molecular complexity index is 1090. The predicted octanol–water partition coefficient (Wildman–Crippen LogP) is 3.71. The zero-order valence-electron chi connectivity index (χ0n) is 21.5. The van der Waals surface area contributed by atoms with Crippen LogP contribution in [0.2, 0.25) is 0 Å². The molecule has 1 aromatic heterocycles. The molecular formula is C29H39N3O5. The van der Waals surface area contributed by atoms with E-state index in [9.17, 15) is 19.5 Å². The molecule has 1 aliphatic carbocycles. The molecule has 200 valence electrons. The molecule has 3 rings (SSSR count). The molecule has 1 aliphatic rings. The van der Waals surface area contributed by atoms with Gasteiger partial charge in [0.15, 0.2) is 0 Å². The molecule has 0 aliphatic heterocycles. The Balaban J connectivity index is 1.69. The van der Waals surface area contributed by atoms with Crippen LogP contribution < -0.4 is 10.6 Å². The Morgan fingerprint density at radius 2 is 1.92 bits per heavy atom. The number of carbonyl (C=O) groups is 3. The summed E-state index contributed by atoms with van der Waals surface area (Å²) in [4.78, 5) is 41.5. The summed E-state index contributed by atoms with van der Waals surface area (Å²) in [5, 5.41) is 16.8. The van der Waals surface area contributed by atoms with Crippen molar-refractivity contribution < 1.29 is 24.2 Å². The van der Waals surface area contributed by atoms with E-state index >= 15 is 0 Å². The Labute approximate surface area is 218 Å². The van der Waals surface area contributed by atoms with Crippen LogP contribution in [0.25, 0.3) is 10.9 Å². The number of hydrogen-bond acceptors (Lipinski definition) is 5. The van der Waals surface area contributed by atoms with E-state index in [-0.39, 0.29) is 43.8 Å². The quantitative estimate of drug-likeness (QED) is 0.216. The van der Waals surface area contributed by atoms with Gasteiger partial charge in [0.1, 0.15) is 6.61 Å². The van der Waals surface area contributed by atoms with E-state index in [4.69, 9.17) is 4.74 Å². The zero-order valence-corrected chi connectivity index (χ0v) is 21.5. The Morgan fingerprint density at radius 1 is 1.16 bits per heavy atom. The van der Waals surface area contributed by atoms with E-state index in [1.54, 1.807) is 12.2 Å².